The van der Waals surface area contributed by atoms with E-state index in [2.05, 4.69) is 15.9 Å². The van der Waals surface area contributed by atoms with Crippen LogP contribution in [-0.4, -0.2) is 4.92 Å². The van der Waals surface area contributed by atoms with E-state index >= 15 is 0 Å². The molecule has 0 aliphatic heterocycles. The van der Waals surface area contributed by atoms with Crippen molar-refractivity contribution < 1.29 is 9.34 Å². The molecule has 0 spiro atoms. The normalized spacial score (nSPS) is 11.2. The van der Waals surface area contributed by atoms with Crippen molar-refractivity contribution in [2.45, 2.75) is 0 Å². The summed E-state index contributed by atoms with van der Waals surface area (Å²) in [6, 6.07) is 18.6. The van der Waals surface area contributed by atoms with Crippen LogP contribution in [0.1, 0.15) is 0 Å². The molecular weight excluding hydrogens is 358 g/mol. The smallest absolute Gasteiger partial charge is 0.291 e. The lowest BCUT2D eigenvalue weighted by Gasteiger charge is -2.06. The van der Waals surface area contributed by atoms with Crippen molar-refractivity contribution >= 4 is 43.6 Å². The predicted molar refractivity (Wildman–Crippen MR) is 93.5 cm³/mol. The van der Waals surface area contributed by atoms with Crippen molar-refractivity contribution in [3.05, 3.63) is 75.3 Å². The largest absolute Gasteiger partial charge is 0.456 e. The molecule has 0 bridgehead atoms. The Labute approximate surface area is 139 Å². The minimum absolute atomic E-state index is 0.0604. The van der Waals surface area contributed by atoms with E-state index in [1.54, 1.807) is 18.2 Å². The summed E-state index contributed by atoms with van der Waals surface area (Å²) in [5.41, 5.74) is 2.91. The quantitative estimate of drug-likeness (QED) is 0.326. The molecule has 0 aliphatic rings. The molecule has 4 nitrogen and oxygen atoms in total. The van der Waals surface area contributed by atoms with Crippen molar-refractivity contribution in [1.29, 1.82) is 0 Å². The minimum atomic E-state index is -0.361. The molecule has 112 valence electrons. The van der Waals surface area contributed by atoms with Gasteiger partial charge in [-0.25, -0.2) is 0 Å². The number of para-hydroxylation sites is 2. The molecule has 4 aromatic rings. The number of nitro benzene ring substituents is 1. The zero-order valence-corrected chi connectivity index (χ0v) is 13.4. The summed E-state index contributed by atoms with van der Waals surface area (Å²) in [5.74, 6) is 0. The van der Waals surface area contributed by atoms with Crippen LogP contribution in [0, 0.1) is 10.1 Å². The number of fused-ring (bicyclic) bond motifs is 3. The van der Waals surface area contributed by atoms with Crippen LogP contribution in [-0.2, 0) is 0 Å². The van der Waals surface area contributed by atoms with Gasteiger partial charge in [0.1, 0.15) is 11.2 Å². The second-order valence-electron chi connectivity index (χ2n) is 5.17. The van der Waals surface area contributed by atoms with E-state index < -0.39 is 0 Å². The lowest BCUT2D eigenvalue weighted by Crippen LogP contribution is -1.93. The van der Waals surface area contributed by atoms with Gasteiger partial charge in [0, 0.05) is 16.3 Å². The maximum atomic E-state index is 11.5. The van der Waals surface area contributed by atoms with Gasteiger partial charge in [0.15, 0.2) is 0 Å². The number of furan rings is 1. The summed E-state index contributed by atoms with van der Waals surface area (Å²) in [6.07, 6.45) is 0. The monoisotopic (exact) mass is 367 g/mol. The topological polar surface area (TPSA) is 56.3 Å². The van der Waals surface area contributed by atoms with Gasteiger partial charge in [-0.2, -0.15) is 0 Å². The average Bonchev–Trinajstić information content (AvgIpc) is 2.92. The van der Waals surface area contributed by atoms with Crippen LogP contribution in [0.15, 0.2) is 69.6 Å². The van der Waals surface area contributed by atoms with Crippen LogP contribution in [0.4, 0.5) is 5.69 Å². The first-order valence-corrected chi connectivity index (χ1v) is 7.79. The molecule has 23 heavy (non-hydrogen) atoms. The van der Waals surface area contributed by atoms with Gasteiger partial charge >= 0.3 is 0 Å². The van der Waals surface area contributed by atoms with Crippen molar-refractivity contribution in [1.82, 2.24) is 0 Å². The van der Waals surface area contributed by atoms with Crippen LogP contribution < -0.4 is 0 Å². The highest BCUT2D eigenvalue weighted by molar-refractivity contribution is 9.10. The van der Waals surface area contributed by atoms with Gasteiger partial charge in [-0.05, 0) is 40.2 Å². The van der Waals surface area contributed by atoms with E-state index in [0.717, 1.165) is 27.5 Å². The summed E-state index contributed by atoms with van der Waals surface area (Å²) in [4.78, 5) is 11.1. The Morgan fingerprint density at radius 2 is 1.57 bits per heavy atom. The molecule has 0 saturated heterocycles. The molecule has 1 aromatic heterocycles. The van der Waals surface area contributed by atoms with Crippen LogP contribution in [0.3, 0.4) is 0 Å². The third-order valence-electron chi connectivity index (χ3n) is 3.86. The molecule has 1 heterocycles. The fourth-order valence-electron chi connectivity index (χ4n) is 2.92. The molecule has 0 amide bonds. The van der Waals surface area contributed by atoms with Crippen molar-refractivity contribution in [2.24, 2.45) is 0 Å². The van der Waals surface area contributed by atoms with Gasteiger partial charge in [-0.3, -0.25) is 10.1 Å². The number of halogens is 1. The van der Waals surface area contributed by atoms with E-state index in [1.807, 2.05) is 42.5 Å². The Balaban J connectivity index is 2.16. The lowest BCUT2D eigenvalue weighted by atomic mass is 9.98. The predicted octanol–water partition coefficient (Wildman–Crippen LogP) is 5.92. The van der Waals surface area contributed by atoms with Crippen molar-refractivity contribution in [2.75, 3.05) is 0 Å². The highest BCUT2D eigenvalue weighted by Gasteiger charge is 2.22. The third kappa shape index (κ3) is 2.12. The lowest BCUT2D eigenvalue weighted by molar-refractivity contribution is -0.385. The Bertz CT molecular complexity index is 1070. The summed E-state index contributed by atoms with van der Waals surface area (Å²) in [7, 11) is 0. The number of hydrogen-bond acceptors (Lipinski definition) is 3. The van der Waals surface area contributed by atoms with E-state index in [-0.39, 0.29) is 10.6 Å². The fraction of sp³-hybridized carbons (Fsp3) is 0. The minimum Gasteiger partial charge on any atom is -0.456 e. The Morgan fingerprint density at radius 1 is 0.870 bits per heavy atom. The summed E-state index contributed by atoms with van der Waals surface area (Å²) >= 11 is 3.28. The molecule has 3 aromatic carbocycles. The third-order valence-corrected chi connectivity index (χ3v) is 4.50. The Hall–Kier alpha value is -2.66. The number of hydrogen-bond donors (Lipinski definition) is 0. The summed E-state index contributed by atoms with van der Waals surface area (Å²) in [5, 5.41) is 13.4. The molecule has 0 aliphatic carbocycles. The highest BCUT2D eigenvalue weighted by Crippen LogP contribution is 2.42. The molecule has 0 atom stereocenters. The first-order valence-electron chi connectivity index (χ1n) is 7.00. The van der Waals surface area contributed by atoms with Crippen molar-refractivity contribution in [3.63, 3.8) is 0 Å². The molecule has 0 radical (unpaired) electrons. The molecule has 0 saturated carbocycles. The van der Waals surface area contributed by atoms with E-state index in [1.165, 1.54) is 0 Å². The van der Waals surface area contributed by atoms with Crippen LogP contribution in [0.2, 0.25) is 0 Å². The maximum Gasteiger partial charge on any atom is 0.291 e. The zero-order valence-electron chi connectivity index (χ0n) is 11.8. The first kappa shape index (κ1) is 14.0. The zero-order chi connectivity index (χ0) is 16.0. The number of nitro groups is 1. The van der Waals surface area contributed by atoms with Crippen LogP contribution in [0.5, 0.6) is 0 Å². The highest BCUT2D eigenvalue weighted by atomic mass is 79.9. The fourth-order valence-corrected chi connectivity index (χ4v) is 3.43. The molecule has 0 fully saturated rings. The second kappa shape index (κ2) is 5.21. The summed E-state index contributed by atoms with van der Waals surface area (Å²) in [6.45, 7) is 0. The summed E-state index contributed by atoms with van der Waals surface area (Å²) < 4.78 is 6.33. The maximum absolute atomic E-state index is 11.5. The van der Waals surface area contributed by atoms with Gasteiger partial charge in [0.2, 0.25) is 0 Å². The van der Waals surface area contributed by atoms with Gasteiger partial charge in [0.05, 0.1) is 15.0 Å². The number of rotatable bonds is 2. The molecular formula is C18H10BrNO3. The Kier molecular flexibility index (Phi) is 3.16. The van der Waals surface area contributed by atoms with E-state index in [4.69, 9.17) is 4.42 Å². The molecule has 5 heteroatoms. The van der Waals surface area contributed by atoms with Crippen LogP contribution in [0.25, 0.3) is 33.1 Å². The average molecular weight is 368 g/mol. The van der Waals surface area contributed by atoms with Gasteiger partial charge in [0.25, 0.3) is 5.69 Å². The van der Waals surface area contributed by atoms with Gasteiger partial charge in [-0.1, -0.05) is 36.4 Å². The van der Waals surface area contributed by atoms with E-state index in [0.29, 0.717) is 10.0 Å². The van der Waals surface area contributed by atoms with Crippen LogP contribution >= 0.6 is 15.9 Å². The SMILES string of the molecule is O=[N+]([O-])c1c(Br)cccc1-c1cccc2oc3ccccc3c12. The standard InChI is InChI=1S/C18H10BrNO3/c19-14-8-3-7-12(18(14)20(21)22)11-6-4-10-16-17(11)13-5-1-2-9-15(13)23-16/h1-10H. The Morgan fingerprint density at radius 3 is 2.39 bits per heavy atom. The second-order valence-corrected chi connectivity index (χ2v) is 6.02. The first-order chi connectivity index (χ1) is 11.2. The molecule has 0 unspecified atom stereocenters. The molecule has 4 rings (SSSR count). The van der Waals surface area contributed by atoms with Gasteiger partial charge < -0.3 is 4.42 Å². The number of nitrogens with zero attached hydrogens (tertiary/aromatic N) is 1. The number of benzene rings is 3. The van der Waals surface area contributed by atoms with Crippen molar-refractivity contribution in [3.8, 4) is 11.1 Å². The van der Waals surface area contributed by atoms with Gasteiger partial charge in [-0.15, -0.1) is 0 Å². The molecule has 0 N–H and O–H groups in total. The van der Waals surface area contributed by atoms with E-state index in [9.17, 15) is 10.1 Å².